The van der Waals surface area contributed by atoms with Crippen molar-refractivity contribution in [2.45, 2.75) is 32.9 Å². The van der Waals surface area contributed by atoms with Crippen LogP contribution in [0, 0.1) is 0 Å². The first-order valence-corrected chi connectivity index (χ1v) is 9.00. The number of amides is 2. The maximum Gasteiger partial charge on any atom is 0.410 e. The number of carbonyl (C=O) groups excluding carboxylic acids is 2. The Morgan fingerprint density at radius 3 is 2.22 bits per heavy atom. The molecule has 27 heavy (non-hydrogen) atoms. The van der Waals surface area contributed by atoms with Crippen molar-refractivity contribution >= 4 is 12.0 Å². The van der Waals surface area contributed by atoms with Crippen LogP contribution in [0.5, 0.6) is 0 Å². The van der Waals surface area contributed by atoms with Crippen molar-refractivity contribution in [3.05, 3.63) is 48.0 Å². The fourth-order valence-corrected chi connectivity index (χ4v) is 2.86. The number of piperazine rings is 1. The minimum atomic E-state index is -0.516. The zero-order valence-corrected chi connectivity index (χ0v) is 16.0. The van der Waals surface area contributed by atoms with Gasteiger partial charge in [-0.15, -0.1) is 0 Å². The summed E-state index contributed by atoms with van der Waals surface area (Å²) in [6.07, 6.45) is 2.82. The van der Waals surface area contributed by atoms with E-state index in [1.54, 1.807) is 20.8 Å². The fraction of sp³-hybridized carbons (Fsp3) is 0.474. The zero-order valence-electron chi connectivity index (χ0n) is 16.0. The molecule has 0 unspecified atom stereocenters. The predicted molar refractivity (Wildman–Crippen MR) is 99.3 cm³/mol. The van der Waals surface area contributed by atoms with E-state index in [0.29, 0.717) is 38.3 Å². The van der Waals surface area contributed by atoms with Gasteiger partial charge in [0.2, 0.25) is 0 Å². The van der Waals surface area contributed by atoms with Crippen LogP contribution in [0.2, 0.25) is 0 Å². The number of hydrogen-bond donors (Lipinski definition) is 0. The minimum absolute atomic E-state index is 0.0221. The summed E-state index contributed by atoms with van der Waals surface area (Å²) >= 11 is 0. The summed E-state index contributed by atoms with van der Waals surface area (Å²) in [5, 5.41) is 4.07. The van der Waals surface area contributed by atoms with Gasteiger partial charge in [-0.3, -0.25) is 4.79 Å². The minimum Gasteiger partial charge on any atom is -0.444 e. The summed E-state index contributed by atoms with van der Waals surface area (Å²) in [5.41, 5.74) is 1.17. The molecule has 0 aliphatic carbocycles. The van der Waals surface area contributed by atoms with Crippen molar-refractivity contribution in [3.8, 4) is 0 Å². The van der Waals surface area contributed by atoms with E-state index in [0.717, 1.165) is 5.56 Å². The lowest BCUT2D eigenvalue weighted by atomic mass is 10.1. The molecule has 3 rings (SSSR count). The molecule has 0 bridgehead atoms. The van der Waals surface area contributed by atoms with Gasteiger partial charge in [-0.2, -0.15) is 5.10 Å². The van der Waals surface area contributed by atoms with Gasteiger partial charge in [0.1, 0.15) is 18.3 Å². The summed E-state index contributed by atoms with van der Waals surface area (Å²) in [7, 11) is 0. The first kappa shape index (κ1) is 18.9. The third-order valence-corrected chi connectivity index (χ3v) is 4.23. The van der Waals surface area contributed by atoms with Gasteiger partial charge in [-0.25, -0.2) is 14.5 Å². The maximum atomic E-state index is 12.7. The molecular formula is C19H25N5O3. The molecule has 2 heterocycles. The third-order valence-electron chi connectivity index (χ3n) is 4.23. The van der Waals surface area contributed by atoms with Crippen molar-refractivity contribution in [1.29, 1.82) is 0 Å². The monoisotopic (exact) mass is 371 g/mol. The highest BCUT2D eigenvalue weighted by Gasteiger charge is 2.28. The molecule has 1 aromatic heterocycles. The van der Waals surface area contributed by atoms with E-state index in [-0.39, 0.29) is 12.0 Å². The van der Waals surface area contributed by atoms with Crippen molar-refractivity contribution in [2.75, 3.05) is 26.2 Å². The van der Waals surface area contributed by atoms with E-state index in [2.05, 4.69) is 10.1 Å². The van der Waals surface area contributed by atoms with E-state index in [1.807, 2.05) is 45.0 Å². The highest BCUT2D eigenvalue weighted by molar-refractivity contribution is 5.94. The quantitative estimate of drug-likeness (QED) is 0.825. The lowest BCUT2D eigenvalue weighted by Gasteiger charge is -2.35. The van der Waals surface area contributed by atoms with Crippen LogP contribution in [-0.4, -0.2) is 68.3 Å². The second-order valence-corrected chi connectivity index (χ2v) is 7.55. The average Bonchev–Trinajstić information content (AvgIpc) is 3.13. The van der Waals surface area contributed by atoms with Crippen LogP contribution in [0.15, 0.2) is 36.9 Å². The van der Waals surface area contributed by atoms with Gasteiger partial charge in [-0.1, -0.05) is 12.1 Å². The summed E-state index contributed by atoms with van der Waals surface area (Å²) in [5.74, 6) is -0.0221. The van der Waals surface area contributed by atoms with Gasteiger partial charge in [0, 0.05) is 31.7 Å². The highest BCUT2D eigenvalue weighted by Crippen LogP contribution is 2.14. The number of ether oxygens (including phenoxy) is 1. The Hall–Kier alpha value is -2.90. The number of rotatable bonds is 3. The molecule has 0 atom stereocenters. The molecule has 8 heteroatoms. The molecule has 1 aromatic carbocycles. The number of hydrogen-bond acceptors (Lipinski definition) is 5. The van der Waals surface area contributed by atoms with E-state index in [1.165, 1.54) is 6.33 Å². The molecule has 1 fully saturated rings. The largest absolute Gasteiger partial charge is 0.444 e. The fourth-order valence-electron chi connectivity index (χ4n) is 2.86. The molecule has 2 aromatic rings. The van der Waals surface area contributed by atoms with Crippen LogP contribution < -0.4 is 0 Å². The standard InChI is InChI=1S/C19H25N5O3/c1-19(2,3)27-18(26)23-10-8-22(9-11-23)17(25)16-6-4-15(5-7-16)12-24-14-20-13-21-24/h4-7,13-14H,8-12H2,1-3H3. The summed E-state index contributed by atoms with van der Waals surface area (Å²) < 4.78 is 7.11. The molecule has 0 saturated carbocycles. The van der Waals surface area contributed by atoms with Crippen LogP contribution in [-0.2, 0) is 11.3 Å². The molecule has 8 nitrogen and oxygen atoms in total. The smallest absolute Gasteiger partial charge is 0.410 e. The second kappa shape index (κ2) is 7.77. The van der Waals surface area contributed by atoms with E-state index < -0.39 is 5.60 Å². The zero-order chi connectivity index (χ0) is 19.4. The van der Waals surface area contributed by atoms with Crippen LogP contribution in [0.1, 0.15) is 36.7 Å². The second-order valence-electron chi connectivity index (χ2n) is 7.55. The number of aromatic nitrogens is 3. The van der Waals surface area contributed by atoms with Crippen LogP contribution >= 0.6 is 0 Å². The van der Waals surface area contributed by atoms with Crippen LogP contribution in [0.4, 0.5) is 4.79 Å². The van der Waals surface area contributed by atoms with Crippen molar-refractivity contribution in [2.24, 2.45) is 0 Å². The Morgan fingerprint density at radius 2 is 1.67 bits per heavy atom. The molecule has 1 aliphatic heterocycles. The number of nitrogens with zero attached hydrogens (tertiary/aromatic N) is 5. The molecule has 0 N–H and O–H groups in total. The molecule has 2 amide bonds. The van der Waals surface area contributed by atoms with E-state index in [9.17, 15) is 9.59 Å². The van der Waals surface area contributed by atoms with Gasteiger partial charge in [0.15, 0.2) is 0 Å². The molecule has 1 aliphatic rings. The lowest BCUT2D eigenvalue weighted by molar-refractivity contribution is 0.0141. The molecule has 0 radical (unpaired) electrons. The van der Waals surface area contributed by atoms with Gasteiger partial charge < -0.3 is 14.5 Å². The van der Waals surface area contributed by atoms with E-state index in [4.69, 9.17) is 4.74 Å². The van der Waals surface area contributed by atoms with Gasteiger partial charge in [-0.05, 0) is 38.5 Å². The maximum absolute atomic E-state index is 12.7. The Kier molecular flexibility index (Phi) is 5.43. The van der Waals surface area contributed by atoms with E-state index >= 15 is 0 Å². The first-order valence-electron chi connectivity index (χ1n) is 9.00. The Morgan fingerprint density at radius 1 is 1.04 bits per heavy atom. The van der Waals surface area contributed by atoms with Gasteiger partial charge in [0.25, 0.3) is 5.91 Å². The van der Waals surface area contributed by atoms with Crippen molar-refractivity contribution < 1.29 is 14.3 Å². The molecule has 1 saturated heterocycles. The van der Waals surface area contributed by atoms with Crippen LogP contribution in [0.3, 0.4) is 0 Å². The van der Waals surface area contributed by atoms with Crippen LogP contribution in [0.25, 0.3) is 0 Å². The first-order chi connectivity index (χ1) is 12.8. The third kappa shape index (κ3) is 5.06. The summed E-state index contributed by atoms with van der Waals surface area (Å²) in [6, 6.07) is 7.50. The Balaban J connectivity index is 1.54. The highest BCUT2D eigenvalue weighted by atomic mass is 16.6. The molecule has 0 spiro atoms. The molecular weight excluding hydrogens is 346 g/mol. The molecule has 144 valence electrons. The predicted octanol–water partition coefficient (Wildman–Crippen LogP) is 2.02. The Labute approximate surface area is 158 Å². The topological polar surface area (TPSA) is 80.6 Å². The van der Waals surface area contributed by atoms with Crippen molar-refractivity contribution in [1.82, 2.24) is 24.6 Å². The lowest BCUT2D eigenvalue weighted by Crippen LogP contribution is -2.51. The Bertz CT molecular complexity index is 773. The summed E-state index contributed by atoms with van der Waals surface area (Å²) in [4.78, 5) is 32.2. The van der Waals surface area contributed by atoms with Crippen molar-refractivity contribution in [3.63, 3.8) is 0 Å². The SMILES string of the molecule is CC(C)(C)OC(=O)N1CCN(C(=O)c2ccc(Cn3cncn3)cc2)CC1. The summed E-state index contributed by atoms with van der Waals surface area (Å²) in [6.45, 7) is 8.10. The average molecular weight is 371 g/mol. The van der Waals surface area contributed by atoms with Gasteiger partial charge >= 0.3 is 6.09 Å². The normalized spacial score (nSPS) is 14.9. The number of benzene rings is 1. The van der Waals surface area contributed by atoms with Gasteiger partial charge in [0.05, 0.1) is 6.54 Å². The number of carbonyl (C=O) groups is 2.